The Bertz CT molecular complexity index is 680. The van der Waals surface area contributed by atoms with Gasteiger partial charge < -0.3 is 10.6 Å². The molecule has 1 heterocycles. The summed E-state index contributed by atoms with van der Waals surface area (Å²) in [6.45, 7) is 0. The standard InChI is InChI=1S/C17H16N2O2/c20-16-9-6-13-11-14(7-8-15(13)19-16)18-17(21)10-12-4-2-1-3-5-12/h1-5,7-8,11H,6,9-10H2,(H,18,21)(H,19,20). The third-order valence-electron chi connectivity index (χ3n) is 3.49. The molecule has 0 bridgehead atoms. The summed E-state index contributed by atoms with van der Waals surface area (Å²) < 4.78 is 0. The molecule has 2 aromatic carbocycles. The second kappa shape index (κ2) is 5.79. The van der Waals surface area contributed by atoms with Gasteiger partial charge in [0, 0.05) is 17.8 Å². The first-order valence-electron chi connectivity index (χ1n) is 6.97. The average Bonchev–Trinajstić information content (AvgIpc) is 2.48. The molecule has 106 valence electrons. The lowest BCUT2D eigenvalue weighted by atomic mass is 10.0. The van der Waals surface area contributed by atoms with E-state index in [1.807, 2.05) is 48.5 Å². The fraction of sp³-hybridized carbons (Fsp3) is 0.176. The molecule has 1 aliphatic heterocycles. The van der Waals surface area contributed by atoms with Gasteiger partial charge in [0.1, 0.15) is 0 Å². The van der Waals surface area contributed by atoms with Gasteiger partial charge in [0.15, 0.2) is 0 Å². The first-order valence-corrected chi connectivity index (χ1v) is 6.97. The van der Waals surface area contributed by atoms with Crippen molar-refractivity contribution in [2.45, 2.75) is 19.3 Å². The van der Waals surface area contributed by atoms with E-state index in [0.717, 1.165) is 22.5 Å². The largest absolute Gasteiger partial charge is 0.326 e. The fourth-order valence-electron chi connectivity index (χ4n) is 2.45. The van der Waals surface area contributed by atoms with E-state index in [9.17, 15) is 9.59 Å². The van der Waals surface area contributed by atoms with Crippen LogP contribution in [0.25, 0.3) is 0 Å². The molecule has 0 aromatic heterocycles. The van der Waals surface area contributed by atoms with Crippen molar-refractivity contribution in [3.8, 4) is 0 Å². The van der Waals surface area contributed by atoms with Gasteiger partial charge in [-0.3, -0.25) is 9.59 Å². The van der Waals surface area contributed by atoms with Crippen LogP contribution < -0.4 is 10.6 Å². The fourth-order valence-corrected chi connectivity index (χ4v) is 2.45. The van der Waals surface area contributed by atoms with Gasteiger partial charge in [0.05, 0.1) is 6.42 Å². The number of anilines is 2. The molecule has 0 radical (unpaired) electrons. The molecule has 2 amide bonds. The number of carbonyl (C=O) groups excluding carboxylic acids is 2. The summed E-state index contributed by atoms with van der Waals surface area (Å²) in [7, 11) is 0. The summed E-state index contributed by atoms with van der Waals surface area (Å²) in [6, 6.07) is 15.2. The van der Waals surface area contributed by atoms with E-state index in [1.54, 1.807) is 0 Å². The van der Waals surface area contributed by atoms with Crippen LogP contribution in [0.2, 0.25) is 0 Å². The highest BCUT2D eigenvalue weighted by molar-refractivity contribution is 5.96. The van der Waals surface area contributed by atoms with Crippen LogP contribution in [0.3, 0.4) is 0 Å². The molecule has 4 nitrogen and oxygen atoms in total. The Balaban J connectivity index is 1.68. The number of fused-ring (bicyclic) bond motifs is 1. The normalized spacial score (nSPS) is 13.2. The Hall–Kier alpha value is -2.62. The number of hydrogen-bond donors (Lipinski definition) is 2. The van der Waals surface area contributed by atoms with Crippen LogP contribution in [0.5, 0.6) is 0 Å². The number of amides is 2. The Morgan fingerprint density at radius 3 is 2.71 bits per heavy atom. The predicted molar refractivity (Wildman–Crippen MR) is 82.2 cm³/mol. The van der Waals surface area contributed by atoms with Crippen LogP contribution in [0, 0.1) is 0 Å². The van der Waals surface area contributed by atoms with Crippen molar-refractivity contribution in [2.24, 2.45) is 0 Å². The monoisotopic (exact) mass is 280 g/mol. The van der Waals surface area contributed by atoms with Crippen molar-refractivity contribution in [2.75, 3.05) is 10.6 Å². The van der Waals surface area contributed by atoms with Gasteiger partial charge >= 0.3 is 0 Å². The van der Waals surface area contributed by atoms with E-state index in [-0.39, 0.29) is 11.8 Å². The van der Waals surface area contributed by atoms with E-state index in [1.165, 1.54) is 0 Å². The van der Waals surface area contributed by atoms with Crippen LogP contribution in [-0.4, -0.2) is 11.8 Å². The van der Waals surface area contributed by atoms with Crippen LogP contribution >= 0.6 is 0 Å². The predicted octanol–water partition coefficient (Wildman–Crippen LogP) is 2.75. The maximum Gasteiger partial charge on any atom is 0.228 e. The van der Waals surface area contributed by atoms with E-state index in [4.69, 9.17) is 0 Å². The molecule has 1 aliphatic rings. The van der Waals surface area contributed by atoms with Crippen LogP contribution in [-0.2, 0) is 22.4 Å². The maximum absolute atomic E-state index is 12.0. The van der Waals surface area contributed by atoms with Gasteiger partial charge in [-0.05, 0) is 35.7 Å². The second-order valence-electron chi connectivity index (χ2n) is 5.13. The molecule has 0 fully saturated rings. The molecular formula is C17H16N2O2. The third kappa shape index (κ3) is 3.28. The summed E-state index contributed by atoms with van der Waals surface area (Å²) in [5.74, 6) is 0.00404. The summed E-state index contributed by atoms with van der Waals surface area (Å²) in [4.78, 5) is 23.3. The van der Waals surface area contributed by atoms with E-state index >= 15 is 0 Å². The number of carbonyl (C=O) groups is 2. The highest BCUT2D eigenvalue weighted by Crippen LogP contribution is 2.25. The molecule has 21 heavy (non-hydrogen) atoms. The van der Waals surface area contributed by atoms with Crippen molar-refractivity contribution in [3.63, 3.8) is 0 Å². The number of benzene rings is 2. The minimum atomic E-state index is -0.0407. The molecule has 3 rings (SSSR count). The Morgan fingerprint density at radius 2 is 1.90 bits per heavy atom. The molecule has 2 aromatic rings. The van der Waals surface area contributed by atoms with E-state index < -0.39 is 0 Å². The second-order valence-corrected chi connectivity index (χ2v) is 5.13. The minimum absolute atomic E-state index is 0.0407. The van der Waals surface area contributed by atoms with Gasteiger partial charge in [-0.25, -0.2) is 0 Å². The number of nitrogens with one attached hydrogen (secondary N) is 2. The summed E-state index contributed by atoms with van der Waals surface area (Å²) in [5.41, 5.74) is 3.66. The van der Waals surface area contributed by atoms with Crippen molar-refractivity contribution >= 4 is 23.2 Å². The van der Waals surface area contributed by atoms with Gasteiger partial charge in [0.2, 0.25) is 11.8 Å². The molecule has 0 saturated carbocycles. The molecule has 0 spiro atoms. The van der Waals surface area contributed by atoms with E-state index in [0.29, 0.717) is 19.3 Å². The summed E-state index contributed by atoms with van der Waals surface area (Å²) in [6.07, 6.45) is 1.56. The topological polar surface area (TPSA) is 58.2 Å². The van der Waals surface area contributed by atoms with Crippen LogP contribution in [0.15, 0.2) is 48.5 Å². The lowest BCUT2D eigenvalue weighted by Gasteiger charge is -2.17. The van der Waals surface area contributed by atoms with Gasteiger partial charge in [-0.1, -0.05) is 30.3 Å². The molecule has 0 aliphatic carbocycles. The highest BCUT2D eigenvalue weighted by Gasteiger charge is 2.15. The molecule has 0 saturated heterocycles. The zero-order valence-corrected chi connectivity index (χ0v) is 11.6. The van der Waals surface area contributed by atoms with Crippen molar-refractivity contribution < 1.29 is 9.59 Å². The molecule has 4 heteroatoms. The van der Waals surface area contributed by atoms with Gasteiger partial charge in [0.25, 0.3) is 0 Å². The van der Waals surface area contributed by atoms with Crippen LogP contribution in [0.1, 0.15) is 17.5 Å². The number of aryl methyl sites for hydroxylation is 1. The quantitative estimate of drug-likeness (QED) is 0.908. The van der Waals surface area contributed by atoms with Gasteiger partial charge in [-0.2, -0.15) is 0 Å². The summed E-state index contributed by atoms with van der Waals surface area (Å²) in [5, 5.41) is 5.73. The van der Waals surface area contributed by atoms with Crippen molar-refractivity contribution in [3.05, 3.63) is 59.7 Å². The molecule has 0 atom stereocenters. The lowest BCUT2D eigenvalue weighted by molar-refractivity contribution is -0.117. The third-order valence-corrected chi connectivity index (χ3v) is 3.49. The first-order chi connectivity index (χ1) is 10.2. The number of hydrogen-bond acceptors (Lipinski definition) is 2. The highest BCUT2D eigenvalue weighted by atomic mass is 16.2. The molecule has 0 unspecified atom stereocenters. The van der Waals surface area contributed by atoms with E-state index in [2.05, 4.69) is 10.6 Å². The first kappa shape index (κ1) is 13.4. The minimum Gasteiger partial charge on any atom is -0.326 e. The maximum atomic E-state index is 12.0. The summed E-state index contributed by atoms with van der Waals surface area (Å²) >= 11 is 0. The zero-order chi connectivity index (χ0) is 14.7. The smallest absolute Gasteiger partial charge is 0.228 e. The average molecular weight is 280 g/mol. The Kier molecular flexibility index (Phi) is 3.69. The molecular weight excluding hydrogens is 264 g/mol. The zero-order valence-electron chi connectivity index (χ0n) is 11.6. The Morgan fingerprint density at radius 1 is 1.10 bits per heavy atom. The Labute approximate surface area is 123 Å². The van der Waals surface area contributed by atoms with Crippen molar-refractivity contribution in [1.29, 1.82) is 0 Å². The van der Waals surface area contributed by atoms with Crippen molar-refractivity contribution in [1.82, 2.24) is 0 Å². The molecule has 2 N–H and O–H groups in total. The van der Waals surface area contributed by atoms with Crippen LogP contribution in [0.4, 0.5) is 11.4 Å². The SMILES string of the molecule is O=C(Cc1ccccc1)Nc1ccc2c(c1)CCC(=O)N2. The van der Waals surface area contributed by atoms with Gasteiger partial charge in [-0.15, -0.1) is 0 Å². The number of rotatable bonds is 3. The lowest BCUT2D eigenvalue weighted by Crippen LogP contribution is -2.19.